The van der Waals surface area contributed by atoms with E-state index in [1.54, 1.807) is 34.6 Å². The number of azide groups is 1. The molecule has 0 radical (unpaired) electrons. The number of aromatic amines is 1. The molecule has 16 heteroatoms. The SMILES string of the molecule is Cc1cn([C@H]2CC(N=[N+]=[N-])[C@@H](COC(=O)CC(C)(C)C(=O)OC[C@]34CC[C@@H](C(C)C)[C@@H]3[C@H]3CC[C@@H]5[C@@]6(C)CC[C@H](OC(=O)CC(C)(C)C(=O)O)C(C)(C)[C@@H]6CC[C@@]5(C)[C@]3(C)CC4)O2)c(=O)[nH]c1=O. The molecule has 5 saturated carbocycles. The van der Waals surface area contributed by atoms with Gasteiger partial charge in [0.2, 0.25) is 0 Å². The molecule has 0 amide bonds. The van der Waals surface area contributed by atoms with Crippen molar-refractivity contribution in [3.05, 3.63) is 43.0 Å². The summed E-state index contributed by atoms with van der Waals surface area (Å²) in [5.74, 6) is 0.169. The van der Waals surface area contributed by atoms with E-state index in [1.165, 1.54) is 10.8 Å². The molecule has 1 saturated heterocycles. The van der Waals surface area contributed by atoms with Gasteiger partial charge in [0.25, 0.3) is 5.56 Å². The van der Waals surface area contributed by atoms with E-state index < -0.39 is 64.3 Å². The summed E-state index contributed by atoms with van der Waals surface area (Å²) in [6, 6.07) is -0.742. The van der Waals surface area contributed by atoms with Crippen LogP contribution < -0.4 is 11.2 Å². The number of aromatic nitrogens is 2. The van der Waals surface area contributed by atoms with E-state index >= 15 is 0 Å². The molecular weight excluding hydrogens is 871 g/mol. The molecule has 2 heterocycles. The van der Waals surface area contributed by atoms with Gasteiger partial charge in [-0.05, 0) is 156 Å². The predicted octanol–water partition coefficient (Wildman–Crippen LogP) is 9.46. The Kier molecular flexibility index (Phi) is 13.8. The first-order valence-corrected chi connectivity index (χ1v) is 25.3. The molecule has 68 heavy (non-hydrogen) atoms. The van der Waals surface area contributed by atoms with Crippen molar-refractivity contribution in [2.75, 3.05) is 13.2 Å². The van der Waals surface area contributed by atoms with Gasteiger partial charge in [0.15, 0.2) is 0 Å². The van der Waals surface area contributed by atoms with Gasteiger partial charge >= 0.3 is 29.6 Å². The van der Waals surface area contributed by atoms with Crippen molar-refractivity contribution in [3.8, 4) is 0 Å². The van der Waals surface area contributed by atoms with Crippen molar-refractivity contribution in [1.29, 1.82) is 0 Å². The van der Waals surface area contributed by atoms with E-state index in [0.717, 1.165) is 64.2 Å². The molecule has 378 valence electrons. The monoisotopic (exact) mass is 950 g/mol. The first kappa shape index (κ1) is 51.7. The predicted molar refractivity (Wildman–Crippen MR) is 253 cm³/mol. The number of fused-ring (bicyclic) bond motifs is 7. The molecule has 1 unspecified atom stereocenters. The van der Waals surface area contributed by atoms with Gasteiger partial charge in [0.05, 0.1) is 36.3 Å². The van der Waals surface area contributed by atoms with Gasteiger partial charge in [0, 0.05) is 33.9 Å². The van der Waals surface area contributed by atoms with Crippen molar-refractivity contribution in [3.63, 3.8) is 0 Å². The number of carboxylic acids is 1. The molecule has 0 bridgehead atoms. The molecule has 2 N–H and O–H groups in total. The number of aliphatic carboxylic acids is 1. The van der Waals surface area contributed by atoms with E-state index in [9.17, 15) is 39.4 Å². The van der Waals surface area contributed by atoms with Gasteiger partial charge < -0.3 is 24.1 Å². The lowest BCUT2D eigenvalue weighted by Gasteiger charge is -2.73. The fraction of sp³-hybridized carbons (Fsp3) is 0.846. The Morgan fingerprint density at radius 1 is 0.897 bits per heavy atom. The van der Waals surface area contributed by atoms with E-state index in [2.05, 4.69) is 63.5 Å². The van der Waals surface area contributed by atoms with Crippen molar-refractivity contribution in [2.24, 2.45) is 78.5 Å². The summed E-state index contributed by atoms with van der Waals surface area (Å²) in [4.78, 5) is 82.1. The highest BCUT2D eigenvalue weighted by atomic mass is 16.6. The zero-order chi connectivity index (χ0) is 50.2. The standard InChI is InChI=1S/C52H79N5O11/c1-29(2)31-15-20-52(28-66-44(63)47(6,7)24-39(58)65-27-34-33(55-56-53)23-38(67-34)57-26-30(3)42(60)54-45(57)64)22-21-50(11)32(41(31)52)13-14-36-49(10)18-17-37(68-40(59)25-46(4,5)43(61)62)48(8,9)35(49)16-19-51(36,50)12/h26,29,31-38,41H,13-25,27-28H2,1-12H3,(H,61,62)(H,54,60,64)/t31-,32+,33?,34+,35-,36+,37-,38+,41+,49-,50+,51+,52+/m0/s1. The van der Waals surface area contributed by atoms with Gasteiger partial charge in [0.1, 0.15) is 25.0 Å². The van der Waals surface area contributed by atoms with Crippen molar-refractivity contribution in [1.82, 2.24) is 9.55 Å². The van der Waals surface area contributed by atoms with Gasteiger partial charge in [-0.2, -0.15) is 0 Å². The average molecular weight is 950 g/mol. The fourth-order valence-electron chi connectivity index (χ4n) is 15.7. The topological polar surface area (TPSA) is 229 Å². The number of nitrogens with zero attached hydrogens (tertiary/aromatic N) is 4. The molecule has 6 aliphatic rings. The van der Waals surface area contributed by atoms with Crippen LogP contribution in [0.1, 0.15) is 171 Å². The van der Waals surface area contributed by atoms with Crippen LogP contribution in [0, 0.1) is 80.3 Å². The minimum absolute atomic E-state index is 0.0567. The lowest BCUT2D eigenvalue weighted by atomic mass is 9.32. The Hall–Kier alpha value is -4.17. The smallest absolute Gasteiger partial charge is 0.330 e. The fourth-order valence-corrected chi connectivity index (χ4v) is 15.7. The molecular formula is C52H79N5O11. The van der Waals surface area contributed by atoms with E-state index in [0.29, 0.717) is 47.7 Å². The van der Waals surface area contributed by atoms with E-state index in [-0.39, 0.29) is 59.0 Å². The van der Waals surface area contributed by atoms with Crippen LogP contribution in [0.4, 0.5) is 0 Å². The highest BCUT2D eigenvalue weighted by Crippen LogP contribution is 2.77. The maximum Gasteiger partial charge on any atom is 0.330 e. The third-order valence-electron chi connectivity index (χ3n) is 19.8. The van der Waals surface area contributed by atoms with E-state index in [1.807, 2.05) is 0 Å². The molecule has 0 spiro atoms. The second-order valence-electron chi connectivity index (χ2n) is 25.1. The summed E-state index contributed by atoms with van der Waals surface area (Å²) in [6.45, 7) is 25.1. The number of carbonyl (C=O) groups is 4. The summed E-state index contributed by atoms with van der Waals surface area (Å²) in [5, 5.41) is 13.5. The number of hydrogen-bond acceptors (Lipinski definition) is 11. The Morgan fingerprint density at radius 2 is 1.59 bits per heavy atom. The third-order valence-corrected chi connectivity index (χ3v) is 19.8. The number of aryl methyl sites for hydroxylation is 1. The first-order chi connectivity index (χ1) is 31.6. The number of rotatable bonds is 14. The number of carbonyl (C=O) groups excluding carboxylic acids is 3. The number of H-pyrrole nitrogens is 1. The number of esters is 3. The summed E-state index contributed by atoms with van der Waals surface area (Å²) in [5.41, 5.74) is 5.77. The van der Waals surface area contributed by atoms with Gasteiger partial charge in [-0.25, -0.2) is 4.79 Å². The van der Waals surface area contributed by atoms with Gasteiger partial charge in [-0.1, -0.05) is 53.6 Å². The molecule has 16 nitrogen and oxygen atoms in total. The summed E-state index contributed by atoms with van der Waals surface area (Å²) in [7, 11) is 0. The van der Waals surface area contributed by atoms with Crippen molar-refractivity contribution >= 4 is 23.9 Å². The number of ether oxygens (including phenoxy) is 4. The Bertz CT molecular complexity index is 2310. The van der Waals surface area contributed by atoms with Crippen molar-refractivity contribution < 1.29 is 43.2 Å². The Balaban J connectivity index is 1.01. The van der Waals surface area contributed by atoms with Crippen LogP contribution in [0.25, 0.3) is 10.4 Å². The zero-order valence-corrected chi connectivity index (χ0v) is 42.8. The van der Waals surface area contributed by atoms with Crippen LogP contribution in [0.2, 0.25) is 0 Å². The second-order valence-corrected chi connectivity index (χ2v) is 25.1. The Morgan fingerprint density at radius 3 is 2.25 bits per heavy atom. The first-order valence-electron chi connectivity index (χ1n) is 25.3. The van der Waals surface area contributed by atoms with Crippen LogP contribution >= 0.6 is 0 Å². The van der Waals surface area contributed by atoms with Crippen LogP contribution in [-0.4, -0.2) is 70.0 Å². The van der Waals surface area contributed by atoms with Crippen LogP contribution in [-0.2, 0) is 38.1 Å². The van der Waals surface area contributed by atoms with Gasteiger partial charge in [-0.15, -0.1) is 0 Å². The lowest BCUT2D eigenvalue weighted by Crippen LogP contribution is -2.67. The maximum atomic E-state index is 14.1. The molecule has 13 atom stereocenters. The average Bonchev–Trinajstić information content (AvgIpc) is 3.83. The minimum Gasteiger partial charge on any atom is -0.481 e. The summed E-state index contributed by atoms with van der Waals surface area (Å²) < 4.78 is 25.4. The largest absolute Gasteiger partial charge is 0.481 e. The molecule has 1 aliphatic heterocycles. The van der Waals surface area contributed by atoms with Crippen molar-refractivity contribution in [2.45, 2.75) is 191 Å². The highest BCUT2D eigenvalue weighted by molar-refractivity contribution is 5.83. The normalized spacial score (nSPS) is 37.4. The zero-order valence-electron chi connectivity index (χ0n) is 42.8. The van der Waals surface area contributed by atoms with Crippen LogP contribution in [0.3, 0.4) is 0 Å². The molecule has 0 aromatic carbocycles. The van der Waals surface area contributed by atoms with Crippen LogP contribution in [0.15, 0.2) is 20.9 Å². The molecule has 5 aliphatic carbocycles. The Labute approximate surface area is 401 Å². The molecule has 1 aromatic heterocycles. The quantitative estimate of drug-likeness (QED) is 0.0586. The minimum atomic E-state index is -1.19. The molecule has 1 aromatic rings. The highest BCUT2D eigenvalue weighted by Gasteiger charge is 2.71. The van der Waals surface area contributed by atoms with Gasteiger partial charge in [-0.3, -0.25) is 33.5 Å². The number of nitrogens with one attached hydrogen (secondary N) is 1. The summed E-state index contributed by atoms with van der Waals surface area (Å²) in [6.07, 6.45) is 9.42. The maximum absolute atomic E-state index is 14.1. The van der Waals surface area contributed by atoms with E-state index in [4.69, 9.17) is 18.9 Å². The third kappa shape index (κ3) is 8.85. The lowest BCUT2D eigenvalue weighted by molar-refractivity contribution is -0.254. The van der Waals surface area contributed by atoms with Crippen LogP contribution in [0.5, 0.6) is 0 Å². The second kappa shape index (κ2) is 18.2. The number of carboxylic acid groups (broad SMARTS) is 1. The molecule has 6 fully saturated rings. The number of hydrogen-bond donors (Lipinski definition) is 2. The molecule has 7 rings (SSSR count). The summed E-state index contributed by atoms with van der Waals surface area (Å²) >= 11 is 0.